The van der Waals surface area contributed by atoms with E-state index in [9.17, 15) is 46.0 Å². The van der Waals surface area contributed by atoms with Crippen molar-refractivity contribution >= 4 is 0 Å². The molecule has 0 aromatic heterocycles. The summed E-state index contributed by atoms with van der Waals surface area (Å²) in [6.45, 7) is 2.04. The van der Waals surface area contributed by atoms with Crippen LogP contribution in [0.2, 0.25) is 0 Å². The Morgan fingerprint density at radius 2 is 1.64 bits per heavy atom. The smallest absolute Gasteiger partial charge is 0.326 e. The molecule has 1 aliphatic carbocycles. The van der Waals surface area contributed by atoms with Crippen LogP contribution in [0.25, 0.3) is 0 Å². The molecule has 0 bridgehead atoms. The average molecular weight is 472 g/mol. The van der Waals surface area contributed by atoms with E-state index in [1.54, 1.807) is 6.07 Å². The van der Waals surface area contributed by atoms with Crippen LogP contribution in [0.4, 0.5) is 0 Å². The molecule has 186 valence electrons. The van der Waals surface area contributed by atoms with E-state index in [0.717, 1.165) is 19.3 Å². The fraction of sp³-hybridized carbons (Fsp3) is 0.636. The first-order valence-corrected chi connectivity index (χ1v) is 10.8. The van der Waals surface area contributed by atoms with Crippen LogP contribution >= 0.6 is 0 Å². The minimum absolute atomic E-state index is 0.151. The highest BCUT2D eigenvalue weighted by Crippen LogP contribution is 2.58. The molecular formula is C22H32O11. The molecule has 0 spiro atoms. The lowest BCUT2D eigenvalue weighted by Crippen LogP contribution is -2.76. The van der Waals surface area contributed by atoms with Crippen molar-refractivity contribution in [2.75, 3.05) is 7.11 Å². The van der Waals surface area contributed by atoms with Crippen molar-refractivity contribution in [2.24, 2.45) is 5.92 Å². The number of methoxy groups -OCH3 is 1. The molecule has 1 aromatic carbocycles. The molecule has 2 atom stereocenters. The second-order valence-corrected chi connectivity index (χ2v) is 8.77. The molecule has 3 rings (SSSR count). The summed E-state index contributed by atoms with van der Waals surface area (Å²) in [6.07, 6.45) is 3.93. The highest BCUT2D eigenvalue weighted by molar-refractivity contribution is 5.55. The Balaban J connectivity index is 2.28. The zero-order valence-electron chi connectivity index (χ0n) is 18.5. The molecule has 11 nitrogen and oxygen atoms in total. The minimum atomic E-state index is -3.95. The molecule has 1 aromatic rings. The largest absolute Gasteiger partial charge is 0.496 e. The monoisotopic (exact) mass is 472 g/mol. The Kier molecular flexibility index (Phi) is 6.86. The summed E-state index contributed by atoms with van der Waals surface area (Å²) in [5, 5.41) is 90.3. The first kappa shape index (κ1) is 25.8. The fourth-order valence-corrected chi connectivity index (χ4v) is 5.00. The summed E-state index contributed by atoms with van der Waals surface area (Å²) in [5.41, 5.74) is -2.47. The number of allylic oxidation sites excluding steroid dienone is 1. The average Bonchev–Trinajstić information content (AvgIpc) is 2.69. The number of ether oxygens (including phenoxy) is 2. The van der Waals surface area contributed by atoms with Gasteiger partial charge < -0.3 is 55.4 Å². The van der Waals surface area contributed by atoms with Crippen LogP contribution in [0, 0.1) is 5.92 Å². The van der Waals surface area contributed by atoms with Crippen LogP contribution < -0.4 is 9.47 Å². The molecule has 11 heteroatoms. The Morgan fingerprint density at radius 1 is 1.00 bits per heavy atom. The molecule has 2 aliphatic rings. The standard InChI is InChI=1S/C22H32O11/c1-3-4-5-6-12-9-16(32-2)18-14-11-13(20(23,24)25)7-8-15(14)19(21(26,27)28,22(29,30)31)33-17(18)10-12/h9-11,14-15,23-31H,3-8H2,1-2H3. The SMILES string of the molecule is CCCCCc1cc(OC)c2c(c1)OC(C(O)(O)O)(C(O)(O)O)C1CCC(C(O)(O)O)=CC21. The Morgan fingerprint density at radius 3 is 2.15 bits per heavy atom. The molecule has 9 N–H and O–H groups in total. The lowest BCUT2D eigenvalue weighted by Gasteiger charge is -2.54. The summed E-state index contributed by atoms with van der Waals surface area (Å²) in [6, 6.07) is 3.21. The van der Waals surface area contributed by atoms with Gasteiger partial charge in [-0.2, -0.15) is 0 Å². The summed E-state index contributed by atoms with van der Waals surface area (Å²) in [5.74, 6) is -13.5. The van der Waals surface area contributed by atoms with E-state index >= 15 is 0 Å². The van der Waals surface area contributed by atoms with Gasteiger partial charge in [0, 0.05) is 23.0 Å². The summed E-state index contributed by atoms with van der Waals surface area (Å²) < 4.78 is 11.1. The molecule has 1 heterocycles. The van der Waals surface area contributed by atoms with Crippen LogP contribution in [0.15, 0.2) is 23.8 Å². The highest BCUT2D eigenvalue weighted by Gasteiger charge is 2.73. The third-order valence-electron chi connectivity index (χ3n) is 6.55. The summed E-state index contributed by atoms with van der Waals surface area (Å²) in [7, 11) is 1.38. The number of hydrogen-bond donors (Lipinski definition) is 9. The number of benzene rings is 1. The maximum absolute atomic E-state index is 10.2. The van der Waals surface area contributed by atoms with Gasteiger partial charge in [0.15, 0.2) is 0 Å². The molecular weight excluding hydrogens is 440 g/mol. The second kappa shape index (κ2) is 8.77. The van der Waals surface area contributed by atoms with Gasteiger partial charge in [0.25, 0.3) is 11.6 Å². The minimum Gasteiger partial charge on any atom is -0.496 e. The van der Waals surface area contributed by atoms with Crippen LogP contribution in [0.5, 0.6) is 11.5 Å². The summed E-state index contributed by atoms with van der Waals surface area (Å²) in [4.78, 5) is 0. The van der Waals surface area contributed by atoms with Crippen LogP contribution in [-0.4, -0.2) is 76.6 Å². The number of hydrogen-bond acceptors (Lipinski definition) is 11. The van der Waals surface area contributed by atoms with Crippen LogP contribution in [0.3, 0.4) is 0 Å². The maximum atomic E-state index is 10.2. The van der Waals surface area contributed by atoms with Crippen molar-refractivity contribution in [1.82, 2.24) is 0 Å². The van der Waals surface area contributed by atoms with Crippen molar-refractivity contribution in [1.29, 1.82) is 0 Å². The number of aryl methyl sites for hydroxylation is 1. The quantitative estimate of drug-likeness (QED) is 0.126. The highest BCUT2D eigenvalue weighted by atomic mass is 16.8. The first-order valence-electron chi connectivity index (χ1n) is 10.8. The van der Waals surface area contributed by atoms with Crippen molar-refractivity contribution in [3.63, 3.8) is 0 Å². The van der Waals surface area contributed by atoms with Gasteiger partial charge in [-0.1, -0.05) is 25.8 Å². The second-order valence-electron chi connectivity index (χ2n) is 8.77. The predicted octanol–water partition coefficient (Wildman–Crippen LogP) is -1.13. The van der Waals surface area contributed by atoms with Crippen LogP contribution in [-0.2, 0) is 6.42 Å². The van der Waals surface area contributed by atoms with Gasteiger partial charge in [-0.25, -0.2) is 0 Å². The molecule has 1 aliphatic heterocycles. The van der Waals surface area contributed by atoms with Gasteiger partial charge >= 0.3 is 11.9 Å². The van der Waals surface area contributed by atoms with Gasteiger partial charge in [0.2, 0.25) is 0 Å². The molecule has 33 heavy (non-hydrogen) atoms. The lowest BCUT2D eigenvalue weighted by atomic mass is 9.64. The van der Waals surface area contributed by atoms with Crippen molar-refractivity contribution < 1.29 is 55.4 Å². The molecule has 2 unspecified atom stereocenters. The van der Waals surface area contributed by atoms with Gasteiger partial charge in [-0.3, -0.25) is 0 Å². The molecule has 0 fully saturated rings. The van der Waals surface area contributed by atoms with E-state index in [1.165, 1.54) is 19.3 Å². The van der Waals surface area contributed by atoms with E-state index < -0.39 is 35.4 Å². The lowest BCUT2D eigenvalue weighted by molar-refractivity contribution is -0.500. The van der Waals surface area contributed by atoms with Crippen molar-refractivity contribution in [2.45, 2.75) is 74.9 Å². The molecule has 0 saturated carbocycles. The normalized spacial score (nSPS) is 22.7. The molecule has 0 radical (unpaired) electrons. The number of fused-ring (bicyclic) bond motifs is 3. The van der Waals surface area contributed by atoms with Crippen molar-refractivity contribution in [3.05, 3.63) is 34.9 Å². The third-order valence-corrected chi connectivity index (χ3v) is 6.55. The summed E-state index contributed by atoms with van der Waals surface area (Å²) >= 11 is 0. The molecule has 0 saturated heterocycles. The number of unbranched alkanes of at least 4 members (excludes halogenated alkanes) is 2. The number of aliphatic hydroxyl groups is 9. The predicted molar refractivity (Wildman–Crippen MR) is 111 cm³/mol. The van der Waals surface area contributed by atoms with E-state index in [1.807, 2.05) is 6.92 Å². The fourth-order valence-electron chi connectivity index (χ4n) is 5.00. The number of rotatable bonds is 8. The Bertz CT molecular complexity index is 875. The van der Waals surface area contributed by atoms with Crippen LogP contribution in [0.1, 0.15) is 56.1 Å². The van der Waals surface area contributed by atoms with Gasteiger partial charge in [-0.05, 0) is 43.4 Å². The van der Waals surface area contributed by atoms with Gasteiger partial charge in [0.1, 0.15) is 11.5 Å². The van der Waals surface area contributed by atoms with E-state index in [0.29, 0.717) is 12.0 Å². The van der Waals surface area contributed by atoms with E-state index in [-0.39, 0.29) is 35.5 Å². The first-order chi connectivity index (χ1) is 15.2. The Hall–Kier alpha value is -1.80. The van der Waals surface area contributed by atoms with Crippen molar-refractivity contribution in [3.8, 4) is 11.5 Å². The van der Waals surface area contributed by atoms with Gasteiger partial charge in [-0.15, -0.1) is 0 Å². The van der Waals surface area contributed by atoms with Gasteiger partial charge in [0.05, 0.1) is 7.11 Å². The third kappa shape index (κ3) is 4.48. The van der Waals surface area contributed by atoms with E-state index in [4.69, 9.17) is 9.47 Å². The Labute approximate surface area is 190 Å². The zero-order valence-corrected chi connectivity index (χ0v) is 18.5. The topological polar surface area (TPSA) is 201 Å². The zero-order chi connectivity index (χ0) is 24.8. The maximum Gasteiger partial charge on any atom is 0.326 e. The molecule has 0 amide bonds. The van der Waals surface area contributed by atoms with E-state index in [2.05, 4.69) is 0 Å².